The van der Waals surface area contributed by atoms with Crippen LogP contribution in [0.3, 0.4) is 0 Å². The van der Waals surface area contributed by atoms with Gasteiger partial charge in [0.1, 0.15) is 0 Å². The lowest BCUT2D eigenvalue weighted by atomic mass is 10.0. The molecule has 3 rings (SSSR count). The Hall–Kier alpha value is -0.820. The number of aromatic nitrogens is 1. The van der Waals surface area contributed by atoms with Crippen LogP contribution in [0, 0.1) is 18.8 Å². The van der Waals surface area contributed by atoms with Crippen LogP contribution in [0.4, 0.5) is 18.3 Å². The summed E-state index contributed by atoms with van der Waals surface area (Å²) < 4.78 is 37.1. The largest absolute Gasteiger partial charge is 0.401 e. The Kier molecular flexibility index (Phi) is 3.21. The monoisotopic (exact) mass is 291 g/mol. The number of nitrogens with zero attached hydrogens (tertiary/aromatic N) is 3. The Morgan fingerprint density at radius 2 is 1.89 bits per heavy atom. The van der Waals surface area contributed by atoms with Crippen molar-refractivity contribution in [2.24, 2.45) is 11.8 Å². The molecule has 2 fully saturated rings. The van der Waals surface area contributed by atoms with Gasteiger partial charge < -0.3 is 4.90 Å². The average molecular weight is 291 g/mol. The van der Waals surface area contributed by atoms with Crippen molar-refractivity contribution < 1.29 is 13.2 Å². The topological polar surface area (TPSA) is 19.4 Å². The van der Waals surface area contributed by atoms with E-state index < -0.39 is 12.7 Å². The molecule has 2 aliphatic heterocycles. The van der Waals surface area contributed by atoms with Crippen molar-refractivity contribution in [1.82, 2.24) is 9.88 Å². The van der Waals surface area contributed by atoms with Gasteiger partial charge in [0.05, 0.1) is 12.2 Å². The summed E-state index contributed by atoms with van der Waals surface area (Å²) in [6.45, 7) is 3.99. The highest BCUT2D eigenvalue weighted by Crippen LogP contribution is 2.36. The number of rotatable bonds is 2. The number of fused-ring (bicyclic) bond motifs is 1. The minimum absolute atomic E-state index is 0.353. The van der Waals surface area contributed by atoms with Crippen LogP contribution in [0.5, 0.6) is 0 Å². The second-order valence-electron chi connectivity index (χ2n) is 5.51. The van der Waals surface area contributed by atoms with Gasteiger partial charge in [-0.2, -0.15) is 13.2 Å². The lowest BCUT2D eigenvalue weighted by molar-refractivity contribution is -0.144. The third kappa shape index (κ3) is 2.86. The summed E-state index contributed by atoms with van der Waals surface area (Å²) in [6.07, 6.45) is -4.08. The fourth-order valence-corrected chi connectivity index (χ4v) is 3.94. The Bertz CT molecular complexity index is 445. The van der Waals surface area contributed by atoms with Gasteiger partial charge in [-0.1, -0.05) is 0 Å². The first-order chi connectivity index (χ1) is 8.90. The van der Waals surface area contributed by atoms with Crippen LogP contribution in [0.25, 0.3) is 0 Å². The van der Waals surface area contributed by atoms with Crippen LogP contribution < -0.4 is 4.90 Å². The van der Waals surface area contributed by atoms with Crippen LogP contribution in [0.1, 0.15) is 5.69 Å². The first-order valence-corrected chi connectivity index (χ1v) is 7.25. The van der Waals surface area contributed by atoms with Gasteiger partial charge in [0.15, 0.2) is 5.13 Å². The molecular weight excluding hydrogens is 275 g/mol. The molecule has 19 heavy (non-hydrogen) atoms. The van der Waals surface area contributed by atoms with E-state index in [1.54, 1.807) is 16.2 Å². The summed E-state index contributed by atoms with van der Waals surface area (Å²) in [5, 5.41) is 3.02. The fourth-order valence-electron chi connectivity index (χ4n) is 3.12. The first-order valence-electron chi connectivity index (χ1n) is 6.37. The van der Waals surface area contributed by atoms with Crippen LogP contribution in [-0.4, -0.2) is 48.8 Å². The third-order valence-electron chi connectivity index (χ3n) is 3.84. The van der Waals surface area contributed by atoms with Gasteiger partial charge in [-0.25, -0.2) is 4.98 Å². The van der Waals surface area contributed by atoms with E-state index >= 15 is 0 Å². The van der Waals surface area contributed by atoms with Gasteiger partial charge in [0, 0.05) is 31.6 Å². The van der Waals surface area contributed by atoms with E-state index in [4.69, 9.17) is 0 Å². The number of thiazole rings is 1. The minimum atomic E-state index is -4.08. The minimum Gasteiger partial charge on any atom is -0.347 e. The van der Waals surface area contributed by atoms with Crippen LogP contribution in [0.15, 0.2) is 5.38 Å². The maximum Gasteiger partial charge on any atom is 0.401 e. The average Bonchev–Trinajstić information content (AvgIpc) is 2.88. The van der Waals surface area contributed by atoms with Crippen molar-refractivity contribution in [3.05, 3.63) is 11.1 Å². The van der Waals surface area contributed by atoms with Gasteiger partial charge in [-0.3, -0.25) is 4.90 Å². The Labute approximate surface area is 114 Å². The molecule has 2 saturated heterocycles. The van der Waals surface area contributed by atoms with Crippen LogP contribution >= 0.6 is 11.3 Å². The van der Waals surface area contributed by atoms with Crippen molar-refractivity contribution in [2.75, 3.05) is 37.6 Å². The molecule has 106 valence electrons. The molecule has 3 nitrogen and oxygen atoms in total. The molecule has 0 amide bonds. The quantitative estimate of drug-likeness (QED) is 0.834. The Morgan fingerprint density at radius 1 is 1.26 bits per heavy atom. The normalized spacial score (nSPS) is 28.1. The Morgan fingerprint density at radius 3 is 2.37 bits per heavy atom. The molecule has 3 heterocycles. The smallest absolute Gasteiger partial charge is 0.347 e. The molecule has 0 radical (unpaired) electrons. The number of aryl methyl sites for hydroxylation is 1. The zero-order valence-corrected chi connectivity index (χ0v) is 11.5. The molecule has 2 unspecified atom stereocenters. The second kappa shape index (κ2) is 4.63. The maximum absolute atomic E-state index is 12.4. The van der Waals surface area contributed by atoms with Gasteiger partial charge in [-0.05, 0) is 18.8 Å². The highest BCUT2D eigenvalue weighted by atomic mass is 32.1. The lowest BCUT2D eigenvalue weighted by Gasteiger charge is -2.21. The van der Waals surface area contributed by atoms with Gasteiger partial charge in [0.2, 0.25) is 0 Å². The predicted molar refractivity (Wildman–Crippen MR) is 68.5 cm³/mol. The molecule has 2 atom stereocenters. The molecule has 0 aliphatic carbocycles. The standard InChI is InChI=1S/C12H16F3N3S/c1-8-6-19-11(16-8)18-4-9-2-17(3-10(9)5-18)7-12(13,14)15/h6,9-10H,2-5,7H2,1H3. The predicted octanol–water partition coefficient (Wildman–Crippen LogP) is 2.38. The van der Waals surface area contributed by atoms with E-state index in [0.29, 0.717) is 24.9 Å². The number of alkyl halides is 3. The van der Waals surface area contributed by atoms with Crippen molar-refractivity contribution in [3.8, 4) is 0 Å². The molecule has 0 N–H and O–H groups in total. The van der Waals surface area contributed by atoms with E-state index in [2.05, 4.69) is 9.88 Å². The molecule has 0 aromatic carbocycles. The molecule has 2 aliphatic rings. The number of likely N-dealkylation sites (tertiary alicyclic amines) is 1. The highest BCUT2D eigenvalue weighted by molar-refractivity contribution is 7.13. The van der Waals surface area contributed by atoms with Gasteiger partial charge >= 0.3 is 6.18 Å². The highest BCUT2D eigenvalue weighted by Gasteiger charge is 2.43. The third-order valence-corrected chi connectivity index (χ3v) is 4.86. The lowest BCUT2D eigenvalue weighted by Crippen LogP contribution is -2.35. The summed E-state index contributed by atoms with van der Waals surface area (Å²) in [6, 6.07) is 0. The van der Waals surface area contributed by atoms with E-state index in [0.717, 1.165) is 23.9 Å². The molecule has 0 spiro atoms. The molecule has 7 heteroatoms. The molecule has 1 aromatic heterocycles. The van der Waals surface area contributed by atoms with Crippen molar-refractivity contribution >= 4 is 16.5 Å². The Balaban J connectivity index is 1.59. The number of hydrogen-bond donors (Lipinski definition) is 0. The van der Waals surface area contributed by atoms with Crippen molar-refractivity contribution in [1.29, 1.82) is 0 Å². The zero-order chi connectivity index (χ0) is 13.6. The number of halogens is 3. The second-order valence-corrected chi connectivity index (χ2v) is 6.34. The summed E-state index contributed by atoms with van der Waals surface area (Å²) in [5.41, 5.74) is 1.01. The van der Waals surface area contributed by atoms with E-state index in [1.165, 1.54) is 0 Å². The van der Waals surface area contributed by atoms with E-state index in [-0.39, 0.29) is 0 Å². The first kappa shape index (κ1) is 13.2. The fraction of sp³-hybridized carbons (Fsp3) is 0.750. The van der Waals surface area contributed by atoms with E-state index in [1.807, 2.05) is 12.3 Å². The van der Waals surface area contributed by atoms with Crippen LogP contribution in [0.2, 0.25) is 0 Å². The number of hydrogen-bond acceptors (Lipinski definition) is 4. The molecular formula is C12H16F3N3S. The van der Waals surface area contributed by atoms with E-state index in [9.17, 15) is 13.2 Å². The zero-order valence-electron chi connectivity index (χ0n) is 10.7. The summed E-state index contributed by atoms with van der Waals surface area (Å²) in [4.78, 5) is 8.21. The molecule has 0 bridgehead atoms. The molecule has 0 saturated carbocycles. The summed E-state index contributed by atoms with van der Waals surface area (Å²) in [7, 11) is 0. The van der Waals surface area contributed by atoms with Gasteiger partial charge in [-0.15, -0.1) is 11.3 Å². The van der Waals surface area contributed by atoms with Gasteiger partial charge in [0.25, 0.3) is 0 Å². The summed E-state index contributed by atoms with van der Waals surface area (Å²) >= 11 is 1.62. The molecule has 1 aromatic rings. The summed E-state index contributed by atoms with van der Waals surface area (Å²) in [5.74, 6) is 0.707. The number of anilines is 1. The van der Waals surface area contributed by atoms with Crippen LogP contribution in [-0.2, 0) is 0 Å². The van der Waals surface area contributed by atoms with Crippen molar-refractivity contribution in [3.63, 3.8) is 0 Å². The maximum atomic E-state index is 12.4. The van der Waals surface area contributed by atoms with Crippen molar-refractivity contribution in [2.45, 2.75) is 13.1 Å². The SMILES string of the molecule is Cc1csc(N2CC3CN(CC(F)(F)F)CC3C2)n1.